The lowest BCUT2D eigenvalue weighted by atomic mass is 10.1. The van der Waals surface area contributed by atoms with Crippen LogP contribution in [0.5, 0.6) is 5.75 Å². The van der Waals surface area contributed by atoms with Crippen molar-refractivity contribution in [3.05, 3.63) is 53.6 Å². The van der Waals surface area contributed by atoms with Gasteiger partial charge in [0.1, 0.15) is 11.4 Å². The van der Waals surface area contributed by atoms with Gasteiger partial charge in [0.05, 0.1) is 18.8 Å². The minimum atomic E-state index is -0.233. The molecule has 0 radical (unpaired) electrons. The van der Waals surface area contributed by atoms with Gasteiger partial charge in [-0.15, -0.1) is 0 Å². The van der Waals surface area contributed by atoms with Gasteiger partial charge in [0, 0.05) is 18.5 Å². The molecule has 1 amide bonds. The third kappa shape index (κ3) is 3.78. The second-order valence-corrected chi connectivity index (χ2v) is 4.78. The number of amides is 1. The molecule has 0 saturated carbocycles. The van der Waals surface area contributed by atoms with Gasteiger partial charge in [-0.25, -0.2) is 0 Å². The molecule has 0 saturated heterocycles. The largest absolute Gasteiger partial charge is 0.497 e. The topological polar surface area (TPSA) is 64.1 Å². The van der Waals surface area contributed by atoms with Crippen LogP contribution in [-0.2, 0) is 0 Å². The number of carbonyl (C=O) groups excluding carboxylic acids is 1. The van der Waals surface area contributed by atoms with E-state index in [1.165, 1.54) is 0 Å². The second-order valence-electron chi connectivity index (χ2n) is 4.78. The fraction of sp³-hybridized carbons (Fsp3) is 0.312. The predicted molar refractivity (Wildman–Crippen MR) is 80.3 cm³/mol. The van der Waals surface area contributed by atoms with Gasteiger partial charge in [-0.05, 0) is 31.0 Å². The summed E-state index contributed by atoms with van der Waals surface area (Å²) in [6.07, 6.45) is 4.11. The summed E-state index contributed by atoms with van der Waals surface area (Å²) in [6, 6.07) is 7.11. The van der Waals surface area contributed by atoms with Crippen molar-refractivity contribution in [3.8, 4) is 5.75 Å². The summed E-state index contributed by atoms with van der Waals surface area (Å²) in [4.78, 5) is 20.7. The Morgan fingerprint density at radius 1 is 1.33 bits per heavy atom. The Hall–Kier alpha value is -2.43. The molecule has 2 heterocycles. The van der Waals surface area contributed by atoms with Crippen molar-refractivity contribution in [1.82, 2.24) is 15.3 Å². The maximum absolute atomic E-state index is 12.3. The minimum absolute atomic E-state index is 0.133. The number of hydrogen-bond donors (Lipinski definition) is 1. The molecule has 21 heavy (non-hydrogen) atoms. The van der Waals surface area contributed by atoms with Crippen LogP contribution in [0.25, 0.3) is 0 Å². The van der Waals surface area contributed by atoms with Gasteiger partial charge in [-0.1, -0.05) is 13.0 Å². The van der Waals surface area contributed by atoms with Crippen molar-refractivity contribution in [3.63, 3.8) is 0 Å². The standard InChI is InChI=1S/C16H19N3O2/c1-4-13(14-6-5-11(2)10-18-14)19-16(20)15-9-12(21-3)7-8-17-15/h5-10,13H,4H2,1-3H3,(H,19,20)/t13-/m1/s1. The summed E-state index contributed by atoms with van der Waals surface area (Å²) in [5.41, 5.74) is 2.27. The Bertz CT molecular complexity index is 611. The fourth-order valence-corrected chi connectivity index (χ4v) is 1.97. The van der Waals surface area contributed by atoms with Crippen LogP contribution in [0.2, 0.25) is 0 Å². The molecular formula is C16H19N3O2. The normalized spacial score (nSPS) is 11.8. The average Bonchev–Trinajstić information content (AvgIpc) is 2.53. The highest BCUT2D eigenvalue weighted by molar-refractivity contribution is 5.92. The Morgan fingerprint density at radius 2 is 2.14 bits per heavy atom. The zero-order valence-corrected chi connectivity index (χ0v) is 12.5. The summed E-state index contributed by atoms with van der Waals surface area (Å²) < 4.78 is 5.10. The molecule has 110 valence electrons. The van der Waals surface area contributed by atoms with E-state index in [9.17, 15) is 4.79 Å². The minimum Gasteiger partial charge on any atom is -0.497 e. The molecule has 0 bridgehead atoms. The Kier molecular flexibility index (Phi) is 4.87. The van der Waals surface area contributed by atoms with Crippen LogP contribution >= 0.6 is 0 Å². The van der Waals surface area contributed by atoms with E-state index in [1.807, 2.05) is 26.0 Å². The van der Waals surface area contributed by atoms with Crippen LogP contribution in [0, 0.1) is 6.92 Å². The van der Waals surface area contributed by atoms with Crippen LogP contribution in [0.1, 0.15) is 41.1 Å². The van der Waals surface area contributed by atoms with Crippen LogP contribution in [0.3, 0.4) is 0 Å². The van der Waals surface area contributed by atoms with Gasteiger partial charge in [-0.2, -0.15) is 0 Å². The van der Waals surface area contributed by atoms with E-state index in [2.05, 4.69) is 15.3 Å². The molecule has 0 unspecified atom stereocenters. The van der Waals surface area contributed by atoms with E-state index in [0.29, 0.717) is 11.4 Å². The molecule has 0 aliphatic rings. The Labute approximate surface area is 124 Å². The van der Waals surface area contributed by atoms with Gasteiger partial charge in [-0.3, -0.25) is 14.8 Å². The Morgan fingerprint density at radius 3 is 2.76 bits per heavy atom. The maximum atomic E-state index is 12.3. The number of methoxy groups -OCH3 is 1. The highest BCUT2D eigenvalue weighted by Crippen LogP contribution is 2.16. The smallest absolute Gasteiger partial charge is 0.270 e. The average molecular weight is 285 g/mol. The highest BCUT2D eigenvalue weighted by Gasteiger charge is 2.16. The molecule has 5 nitrogen and oxygen atoms in total. The third-order valence-corrected chi connectivity index (χ3v) is 3.20. The molecule has 1 atom stereocenters. The first-order valence-electron chi connectivity index (χ1n) is 6.87. The molecule has 2 rings (SSSR count). The van der Waals surface area contributed by atoms with Crippen molar-refractivity contribution >= 4 is 5.91 Å². The number of carbonyl (C=O) groups is 1. The van der Waals surface area contributed by atoms with Crippen molar-refractivity contribution in [2.24, 2.45) is 0 Å². The van der Waals surface area contributed by atoms with E-state index in [0.717, 1.165) is 17.7 Å². The van der Waals surface area contributed by atoms with Crippen LogP contribution < -0.4 is 10.1 Å². The molecule has 0 aromatic carbocycles. The summed E-state index contributed by atoms with van der Waals surface area (Å²) in [5, 5.41) is 2.95. The van der Waals surface area contributed by atoms with Gasteiger partial charge >= 0.3 is 0 Å². The molecule has 5 heteroatoms. The third-order valence-electron chi connectivity index (χ3n) is 3.20. The molecular weight excluding hydrogens is 266 g/mol. The number of aromatic nitrogens is 2. The van der Waals surface area contributed by atoms with E-state index < -0.39 is 0 Å². The number of ether oxygens (including phenoxy) is 1. The molecule has 0 aliphatic heterocycles. The molecule has 1 N–H and O–H groups in total. The van der Waals surface area contributed by atoms with Crippen molar-refractivity contribution in [2.45, 2.75) is 26.3 Å². The highest BCUT2D eigenvalue weighted by atomic mass is 16.5. The second kappa shape index (κ2) is 6.83. The summed E-state index contributed by atoms with van der Waals surface area (Å²) in [5.74, 6) is 0.375. The number of rotatable bonds is 5. The van der Waals surface area contributed by atoms with Crippen molar-refractivity contribution in [2.75, 3.05) is 7.11 Å². The first-order valence-corrected chi connectivity index (χ1v) is 6.87. The van der Waals surface area contributed by atoms with Crippen molar-refractivity contribution in [1.29, 1.82) is 0 Å². The lowest BCUT2D eigenvalue weighted by Crippen LogP contribution is -2.29. The van der Waals surface area contributed by atoms with Crippen LogP contribution in [0.15, 0.2) is 36.7 Å². The Balaban J connectivity index is 2.14. The number of nitrogens with one attached hydrogen (secondary N) is 1. The zero-order chi connectivity index (χ0) is 15.2. The monoisotopic (exact) mass is 285 g/mol. The lowest BCUT2D eigenvalue weighted by Gasteiger charge is -2.16. The van der Waals surface area contributed by atoms with Gasteiger partial charge in [0.25, 0.3) is 5.91 Å². The lowest BCUT2D eigenvalue weighted by molar-refractivity contribution is 0.0929. The number of pyridine rings is 2. The molecule has 0 aliphatic carbocycles. The number of hydrogen-bond acceptors (Lipinski definition) is 4. The quantitative estimate of drug-likeness (QED) is 0.917. The summed E-state index contributed by atoms with van der Waals surface area (Å²) >= 11 is 0. The first kappa shape index (κ1) is 15.0. The van der Waals surface area contributed by atoms with E-state index in [4.69, 9.17) is 4.74 Å². The molecule has 2 aromatic rings. The van der Waals surface area contributed by atoms with Crippen molar-refractivity contribution < 1.29 is 9.53 Å². The van der Waals surface area contributed by atoms with Crippen LogP contribution in [0.4, 0.5) is 0 Å². The zero-order valence-electron chi connectivity index (χ0n) is 12.5. The van der Waals surface area contributed by atoms with E-state index in [1.54, 1.807) is 31.6 Å². The predicted octanol–water partition coefficient (Wildman–Crippen LogP) is 2.67. The number of nitrogens with zero attached hydrogens (tertiary/aromatic N) is 2. The van der Waals surface area contributed by atoms with E-state index >= 15 is 0 Å². The van der Waals surface area contributed by atoms with Gasteiger partial charge in [0.2, 0.25) is 0 Å². The van der Waals surface area contributed by atoms with Gasteiger partial charge < -0.3 is 10.1 Å². The maximum Gasteiger partial charge on any atom is 0.270 e. The van der Waals surface area contributed by atoms with Crippen LogP contribution in [-0.4, -0.2) is 23.0 Å². The number of aryl methyl sites for hydroxylation is 1. The summed E-state index contributed by atoms with van der Waals surface area (Å²) in [6.45, 7) is 3.99. The fourth-order valence-electron chi connectivity index (χ4n) is 1.97. The summed E-state index contributed by atoms with van der Waals surface area (Å²) in [7, 11) is 1.56. The molecule has 0 spiro atoms. The van der Waals surface area contributed by atoms with Gasteiger partial charge in [0.15, 0.2) is 0 Å². The molecule has 0 fully saturated rings. The first-order chi connectivity index (χ1) is 10.1. The molecule has 2 aromatic heterocycles. The SMILES string of the molecule is CC[C@@H](NC(=O)c1cc(OC)ccn1)c1ccc(C)cn1. The van der Waals surface area contributed by atoms with E-state index in [-0.39, 0.29) is 11.9 Å².